The van der Waals surface area contributed by atoms with Gasteiger partial charge in [0, 0.05) is 24.7 Å². The van der Waals surface area contributed by atoms with Crippen LogP contribution in [0.3, 0.4) is 0 Å². The van der Waals surface area contributed by atoms with Crippen LogP contribution in [-0.2, 0) is 14.8 Å². The van der Waals surface area contributed by atoms with Crippen LogP contribution in [0.1, 0.15) is 37.5 Å². The second-order valence-corrected chi connectivity index (χ2v) is 10.1. The number of piperidine rings is 1. The topological polar surface area (TPSA) is 92.5 Å². The number of rotatable bonds is 5. The van der Waals surface area contributed by atoms with Gasteiger partial charge in [-0.25, -0.2) is 17.8 Å². The minimum atomic E-state index is -3.78. The summed E-state index contributed by atoms with van der Waals surface area (Å²) >= 11 is 0. The van der Waals surface area contributed by atoms with Crippen molar-refractivity contribution in [2.24, 2.45) is 5.92 Å². The molecule has 2 heterocycles. The molecule has 31 heavy (non-hydrogen) atoms. The number of halogens is 1. The maximum atomic E-state index is 13.2. The molecule has 162 valence electrons. The van der Waals surface area contributed by atoms with Gasteiger partial charge < -0.3 is 9.73 Å². The summed E-state index contributed by atoms with van der Waals surface area (Å²) < 4.78 is 46.0. The predicted molar refractivity (Wildman–Crippen MR) is 112 cm³/mol. The Labute approximate surface area is 179 Å². The van der Waals surface area contributed by atoms with Crippen molar-refractivity contribution in [2.45, 2.75) is 36.5 Å². The Balaban J connectivity index is 1.29. The van der Waals surface area contributed by atoms with E-state index in [1.807, 2.05) is 0 Å². The average Bonchev–Trinajstić information content (AvgIpc) is 3.53. The zero-order valence-corrected chi connectivity index (χ0v) is 17.6. The molecule has 0 spiro atoms. The minimum absolute atomic E-state index is 0.0258. The molecule has 3 aromatic rings. The fourth-order valence-corrected chi connectivity index (χ4v) is 5.43. The third kappa shape index (κ3) is 4.07. The molecule has 1 atom stereocenters. The van der Waals surface area contributed by atoms with Crippen molar-refractivity contribution in [2.75, 3.05) is 18.4 Å². The SMILES string of the molecule is O=C(Nc1ccc2oc(C3CC3)nc2c1)C1CCCN(S(=O)(=O)c2ccc(F)cc2)C1. The van der Waals surface area contributed by atoms with Gasteiger partial charge in [-0.05, 0) is 68.1 Å². The van der Waals surface area contributed by atoms with Crippen LogP contribution in [0, 0.1) is 11.7 Å². The standard InChI is InChI=1S/C22H22FN3O4S/c23-16-5-8-18(9-6-16)31(28,29)26-11-1-2-15(13-26)21(27)24-17-7-10-20-19(12-17)25-22(30-20)14-3-4-14/h5-10,12,14-15H,1-4,11,13H2,(H,24,27). The highest BCUT2D eigenvalue weighted by atomic mass is 32.2. The van der Waals surface area contributed by atoms with E-state index in [9.17, 15) is 17.6 Å². The first kappa shape index (κ1) is 20.1. The molecule has 1 saturated heterocycles. The zero-order valence-electron chi connectivity index (χ0n) is 16.8. The first-order valence-corrected chi connectivity index (χ1v) is 11.8. The Morgan fingerprint density at radius 3 is 2.65 bits per heavy atom. The van der Waals surface area contributed by atoms with E-state index in [1.54, 1.807) is 18.2 Å². The molecule has 1 saturated carbocycles. The summed E-state index contributed by atoms with van der Waals surface area (Å²) in [6.07, 6.45) is 3.36. The lowest BCUT2D eigenvalue weighted by Gasteiger charge is -2.31. The van der Waals surface area contributed by atoms with Gasteiger partial charge >= 0.3 is 0 Å². The third-order valence-corrected chi connectivity index (χ3v) is 7.68. The number of amides is 1. The van der Waals surface area contributed by atoms with Gasteiger partial charge in [-0.1, -0.05) is 0 Å². The van der Waals surface area contributed by atoms with Crippen molar-refractivity contribution < 1.29 is 22.0 Å². The van der Waals surface area contributed by atoms with Gasteiger partial charge in [0.2, 0.25) is 15.9 Å². The molecule has 1 aliphatic heterocycles. The molecule has 1 N–H and O–H groups in total. The minimum Gasteiger partial charge on any atom is -0.440 e. The molecule has 1 amide bonds. The number of hydrogen-bond acceptors (Lipinski definition) is 5. The van der Waals surface area contributed by atoms with Gasteiger partial charge in [-0.15, -0.1) is 0 Å². The van der Waals surface area contributed by atoms with Crippen molar-refractivity contribution in [3.63, 3.8) is 0 Å². The van der Waals surface area contributed by atoms with Crippen LogP contribution in [0.2, 0.25) is 0 Å². The highest BCUT2D eigenvalue weighted by molar-refractivity contribution is 7.89. The molecule has 1 unspecified atom stereocenters. The highest BCUT2D eigenvalue weighted by Gasteiger charge is 2.33. The molecule has 1 aliphatic carbocycles. The smallest absolute Gasteiger partial charge is 0.243 e. The number of nitrogens with zero attached hydrogens (tertiary/aromatic N) is 2. The van der Waals surface area contributed by atoms with Crippen molar-refractivity contribution in [3.05, 3.63) is 54.2 Å². The maximum Gasteiger partial charge on any atom is 0.243 e. The number of aromatic nitrogens is 1. The maximum absolute atomic E-state index is 13.2. The van der Waals surface area contributed by atoms with Crippen molar-refractivity contribution in [1.82, 2.24) is 9.29 Å². The van der Waals surface area contributed by atoms with E-state index in [2.05, 4.69) is 10.3 Å². The van der Waals surface area contributed by atoms with Gasteiger partial charge in [0.15, 0.2) is 11.5 Å². The van der Waals surface area contributed by atoms with Crippen LogP contribution in [0.15, 0.2) is 51.8 Å². The molecule has 2 fully saturated rings. The Bertz CT molecular complexity index is 1240. The van der Waals surface area contributed by atoms with E-state index < -0.39 is 21.8 Å². The first-order valence-electron chi connectivity index (χ1n) is 10.4. The molecule has 2 aliphatic rings. The second kappa shape index (κ2) is 7.72. The van der Waals surface area contributed by atoms with E-state index in [1.165, 1.54) is 16.4 Å². The van der Waals surface area contributed by atoms with Gasteiger partial charge in [-0.2, -0.15) is 4.31 Å². The number of nitrogens with one attached hydrogen (secondary N) is 1. The summed E-state index contributed by atoms with van der Waals surface area (Å²) in [6.45, 7) is 0.419. The van der Waals surface area contributed by atoms with Crippen molar-refractivity contribution in [1.29, 1.82) is 0 Å². The largest absolute Gasteiger partial charge is 0.440 e. The van der Waals surface area contributed by atoms with Crippen LogP contribution < -0.4 is 5.32 Å². The van der Waals surface area contributed by atoms with E-state index in [0.717, 1.165) is 30.9 Å². The molecular weight excluding hydrogens is 421 g/mol. The van der Waals surface area contributed by atoms with Crippen LogP contribution in [-0.4, -0.2) is 36.7 Å². The molecule has 0 bridgehead atoms. The molecule has 0 radical (unpaired) electrons. The fraction of sp³-hybridized carbons (Fsp3) is 0.364. The Kier molecular flexibility index (Phi) is 5.02. The number of fused-ring (bicyclic) bond motifs is 1. The average molecular weight is 444 g/mol. The lowest BCUT2D eigenvalue weighted by Crippen LogP contribution is -2.43. The summed E-state index contributed by atoms with van der Waals surface area (Å²) in [5.41, 5.74) is 1.99. The summed E-state index contributed by atoms with van der Waals surface area (Å²) in [5, 5.41) is 2.89. The number of sulfonamides is 1. The quantitative estimate of drug-likeness (QED) is 0.646. The van der Waals surface area contributed by atoms with Crippen LogP contribution in [0.4, 0.5) is 10.1 Å². The summed E-state index contributed by atoms with van der Waals surface area (Å²) in [7, 11) is -3.78. The number of carbonyl (C=O) groups is 1. The van der Waals surface area contributed by atoms with Gasteiger partial charge in [0.05, 0.1) is 10.8 Å². The molecule has 7 nitrogen and oxygen atoms in total. The van der Waals surface area contributed by atoms with Crippen LogP contribution >= 0.6 is 0 Å². The fourth-order valence-electron chi connectivity index (χ4n) is 3.90. The number of hydrogen-bond donors (Lipinski definition) is 1. The lowest BCUT2D eigenvalue weighted by molar-refractivity contribution is -0.120. The van der Waals surface area contributed by atoms with Gasteiger partial charge in [0.1, 0.15) is 11.3 Å². The van der Waals surface area contributed by atoms with Crippen LogP contribution in [0.25, 0.3) is 11.1 Å². The summed E-state index contributed by atoms with van der Waals surface area (Å²) in [6, 6.07) is 10.1. The highest BCUT2D eigenvalue weighted by Crippen LogP contribution is 2.40. The summed E-state index contributed by atoms with van der Waals surface area (Å²) in [5.74, 6) is -0.0550. The number of oxazole rings is 1. The van der Waals surface area contributed by atoms with E-state index in [-0.39, 0.29) is 17.3 Å². The number of benzene rings is 2. The summed E-state index contributed by atoms with van der Waals surface area (Å²) in [4.78, 5) is 17.4. The second-order valence-electron chi connectivity index (χ2n) is 8.15. The predicted octanol–water partition coefficient (Wildman–Crippen LogP) is 3.88. The Hall–Kier alpha value is -2.78. The van der Waals surface area contributed by atoms with E-state index in [4.69, 9.17) is 4.42 Å². The molecule has 1 aromatic heterocycles. The Morgan fingerprint density at radius 2 is 1.90 bits per heavy atom. The monoisotopic (exact) mass is 443 g/mol. The third-order valence-electron chi connectivity index (χ3n) is 5.80. The zero-order chi connectivity index (χ0) is 21.6. The van der Waals surface area contributed by atoms with Crippen LogP contribution in [0.5, 0.6) is 0 Å². The van der Waals surface area contributed by atoms with Crippen molar-refractivity contribution >= 4 is 32.7 Å². The lowest BCUT2D eigenvalue weighted by atomic mass is 9.98. The normalized spacial score (nSPS) is 20.1. The first-order chi connectivity index (χ1) is 14.9. The number of anilines is 1. The van der Waals surface area contributed by atoms with Crippen molar-refractivity contribution in [3.8, 4) is 0 Å². The van der Waals surface area contributed by atoms with E-state index in [0.29, 0.717) is 42.1 Å². The van der Waals surface area contributed by atoms with Gasteiger partial charge in [-0.3, -0.25) is 4.79 Å². The molecule has 5 rings (SSSR count). The van der Waals surface area contributed by atoms with Gasteiger partial charge in [0.25, 0.3) is 0 Å². The number of carbonyl (C=O) groups excluding carboxylic acids is 1. The molecule has 2 aromatic carbocycles. The Morgan fingerprint density at radius 1 is 1.13 bits per heavy atom. The van der Waals surface area contributed by atoms with E-state index >= 15 is 0 Å². The molecular formula is C22H22FN3O4S. The molecule has 9 heteroatoms.